The van der Waals surface area contributed by atoms with Crippen LogP contribution < -0.4 is 107 Å². The lowest BCUT2D eigenvalue weighted by Gasteiger charge is -2.33. The highest BCUT2D eigenvalue weighted by Gasteiger charge is 2.46. The first kappa shape index (κ1) is 109. The number of fused-ring (bicyclic) bond motifs is 22. The minimum Gasteiger partial charge on any atom is -0.481 e. The fourth-order valence-electron chi connectivity index (χ4n) is 13.5. The Bertz CT molecular complexity index is 4100. The van der Waals surface area contributed by atoms with Crippen LogP contribution in [0.3, 0.4) is 0 Å². The summed E-state index contributed by atoms with van der Waals surface area (Å²) in [5.74, 6) is -33.7. The zero-order chi connectivity index (χ0) is 96.7. The molecule has 5 fully saturated rings. The Kier molecular flexibility index (Phi) is 43.9. The number of nitrogens with zero attached hydrogens (tertiary/aromatic N) is 1. The maximum atomic E-state index is 15.8. The number of aliphatic hydroxyl groups is 4. The number of carbonyl (C=O) groups excluding carboxylic acids is 19. The van der Waals surface area contributed by atoms with Gasteiger partial charge in [-0.2, -0.15) is 35.3 Å². The van der Waals surface area contributed by atoms with Gasteiger partial charge in [-0.15, -0.1) is 0 Å². The summed E-state index contributed by atoms with van der Waals surface area (Å²) >= 11 is 1.67. The maximum absolute atomic E-state index is 15.8. The van der Waals surface area contributed by atoms with E-state index in [0.29, 0.717) is 35.3 Å². The molecular weight excluding hydrogens is 1770 g/mol. The third-order valence-corrected chi connectivity index (χ3v) is 26.0. The summed E-state index contributed by atoms with van der Waals surface area (Å²) in [5, 5.41) is 115. The van der Waals surface area contributed by atoms with E-state index in [2.05, 4.69) is 90.4 Å². The highest BCUT2D eigenvalue weighted by Crippen LogP contribution is 2.25. The van der Waals surface area contributed by atoms with Crippen molar-refractivity contribution >= 4 is 165 Å². The smallest absolute Gasteiger partial charge is 0.335 e. The van der Waals surface area contributed by atoms with E-state index < -0.39 is 348 Å². The topological polar surface area (TPSA) is 775 Å². The van der Waals surface area contributed by atoms with Crippen LogP contribution in [0.15, 0.2) is 0 Å². The number of nitrogens with one attached hydrogen (secondary N) is 19. The van der Waals surface area contributed by atoms with Crippen molar-refractivity contribution in [2.24, 2.45) is 17.6 Å². The van der Waals surface area contributed by atoms with E-state index in [1.807, 2.05) is 10.6 Å². The van der Waals surface area contributed by atoms with Crippen LogP contribution in [-0.2, 0) is 105 Å². The minimum absolute atomic E-state index is 0.0344. The van der Waals surface area contributed by atoms with E-state index >= 15 is 33.6 Å². The van der Waals surface area contributed by atoms with Gasteiger partial charge in [-0.25, -0.2) is 9.59 Å². The number of amides is 19. The molecule has 5 heterocycles. The normalized spacial score (nSPS) is 31.3. The van der Waals surface area contributed by atoms with Crippen molar-refractivity contribution in [3.8, 4) is 0 Å². The number of thioether (sulfide) groups is 3. The molecule has 28 N–H and O–H groups in total. The molecule has 19 amide bonds. The van der Waals surface area contributed by atoms with Gasteiger partial charge in [0.05, 0.1) is 38.4 Å². The van der Waals surface area contributed by atoms with Crippen molar-refractivity contribution in [1.82, 2.24) is 106 Å². The fourth-order valence-corrected chi connectivity index (χ4v) is 16.9. The first-order chi connectivity index (χ1) is 60.7. The Morgan fingerprint density at radius 3 is 1.47 bits per heavy atom. The Labute approximate surface area is 753 Å². The van der Waals surface area contributed by atoms with Gasteiger partial charge < -0.3 is 147 Å². The van der Waals surface area contributed by atoms with Crippen LogP contribution in [-0.4, -0.2) is 371 Å². The molecule has 6 bridgehead atoms. The van der Waals surface area contributed by atoms with Gasteiger partial charge in [0.15, 0.2) is 6.10 Å². The third-order valence-electron chi connectivity index (χ3n) is 22.0. The van der Waals surface area contributed by atoms with Crippen molar-refractivity contribution in [2.75, 3.05) is 63.2 Å². The molecule has 0 aromatic carbocycles. The van der Waals surface area contributed by atoms with Gasteiger partial charge in [0.1, 0.15) is 103 Å². The molecule has 5 saturated heterocycles. The van der Waals surface area contributed by atoms with Crippen LogP contribution in [0.25, 0.3) is 0 Å². The zero-order valence-corrected chi connectivity index (χ0v) is 75.2. The average Bonchev–Trinajstić information content (AvgIpc) is 1.08. The van der Waals surface area contributed by atoms with Gasteiger partial charge in [-0.05, 0) is 77.7 Å². The number of nitrogens with two attached hydrogens (primary N) is 1. The lowest BCUT2D eigenvalue weighted by molar-refractivity contribution is -0.152. The van der Waals surface area contributed by atoms with Crippen LogP contribution >= 0.6 is 35.3 Å². The minimum atomic E-state index is -2.97. The molecule has 0 aromatic rings. The summed E-state index contributed by atoms with van der Waals surface area (Å²) in [4.78, 5) is 318. The van der Waals surface area contributed by atoms with Crippen LogP contribution in [0.2, 0.25) is 0 Å². The second kappa shape index (κ2) is 52.1. The molecule has 0 aliphatic carbocycles. The van der Waals surface area contributed by atoms with Crippen LogP contribution in [0.4, 0.5) is 0 Å². The van der Waals surface area contributed by atoms with E-state index in [4.69, 9.17) is 5.73 Å². The SMILES string of the molecule is CC[C@H](C)[C@@H]1NC(=O)[C@H](C)NC(=O)[C@@H]2NC(=O)[C@H]([C@@H](C)CC)NC(=O)[C@@H]3CCCN3C(=O)CNC(=O)[C@H](CO)NC(=O)[C@@H]3CNCCCC[C@@H](C(=O)O)NC(=O)[C@@H]4NC(=O)[C@H]([C@@H](C)O)NC(=O)CNC(=O)[C@H]([C@@H](O)C(=O)O)NC(=O)[C@H](CS[C@@H](C)[C@@H](NC(=O)[C@H](CO)NC(=O)[C@H](C)NC(=O)[C@@H](NC(=O)[C@@H](N)CCC(=O)O)CS[C@H]4C)C(=O)N[C@@H](CS[C@H]2C)C(=O)N3)NC1=O. The zero-order valence-electron chi connectivity index (χ0n) is 72.7. The quantitative estimate of drug-likeness (QED) is 0.0677. The number of carboxylic acids is 3. The fraction of sp³-hybridized carbons (Fsp3) is 0.711. The molecule has 53 heteroatoms. The predicted molar refractivity (Wildman–Crippen MR) is 456 cm³/mol. The summed E-state index contributed by atoms with van der Waals surface area (Å²) < 4.78 is 0. The standard InChI is InChI=1S/C76H121N21O29S3/c1-11-30(3)50-69(117)88-45-29-129-36(9)54-74(122)89-44-28-128-35(8)53(72(120)82-33(6)59(107)91-50)94-70(118)51(31(4)12-2)92-67(115)46-17-15-21-97(46)48(102)24-80-61(109)41(25-98)86-62(110)40(84-65(44)113)22-78-20-14-13-16-39(75(123)124)83-73(121)55(95-71(119)52(34(7)100)90-47(101)23-79-68(116)56(96-66(45)114)57(105)76(125)126)37(10)127-27-43(87-60(108)38(77)18-19-49(103)104)64(112)81-32(5)58(106)85-42(26-99)63(111)93-54/h30-46,50-57,78,98-100,105H,11-29,77H2,1-10H3,(H,79,116)(H,80,109)(H,81,112)(H,82,120)(H,83,121)(H,84,113)(H,85,106)(H,86,110)(H,87,108)(H,88,117)(H,89,122)(H,90,101)(H,91,107)(H,92,115)(H,93,111)(H,94,118)(H,95,119)(H,96,114)(H,103,104)(H,123,124)(H,125,126)/t30-,31-,32-,33-,34+,35-,36-,37-,38-,39-,40-,41-,42-,43-,44-,45-,46-,50-,51-,52-,53+,54+,55+,56-,57+/m0/s1. The highest BCUT2D eigenvalue weighted by molar-refractivity contribution is 8.00. The first-order valence-corrected chi connectivity index (χ1v) is 45.1. The van der Waals surface area contributed by atoms with Gasteiger partial charge in [0.2, 0.25) is 112 Å². The van der Waals surface area contributed by atoms with Crippen molar-refractivity contribution < 1.29 is 141 Å². The molecule has 5 aliphatic heterocycles. The summed E-state index contributed by atoms with van der Waals surface area (Å²) in [7, 11) is 0. The molecule has 25 atom stereocenters. The second-order valence-electron chi connectivity index (χ2n) is 31.9. The number of carboxylic acid groups (broad SMARTS) is 3. The second-order valence-corrected chi connectivity index (χ2v) is 36.1. The first-order valence-electron chi connectivity index (χ1n) is 42.0. The number of aliphatic hydroxyl groups excluding tert-OH is 4. The summed E-state index contributed by atoms with van der Waals surface area (Å²) in [6.45, 7) is 7.45. The molecule has 129 heavy (non-hydrogen) atoms. The molecule has 0 radical (unpaired) electrons. The lowest BCUT2D eigenvalue weighted by Crippen LogP contribution is -2.64. The molecule has 0 spiro atoms. The number of hydrogen-bond donors (Lipinski definition) is 27. The molecule has 5 aliphatic rings. The summed E-state index contributed by atoms with van der Waals surface area (Å²) in [5.41, 5.74) is 6.05. The molecule has 5 rings (SSSR count). The molecule has 722 valence electrons. The Hall–Kier alpha value is -10.8. The van der Waals surface area contributed by atoms with Crippen LogP contribution in [0.1, 0.15) is 127 Å². The summed E-state index contributed by atoms with van der Waals surface area (Å²) in [6, 6.07) is -35.0. The largest absolute Gasteiger partial charge is 0.481 e. The van der Waals surface area contributed by atoms with Crippen molar-refractivity contribution in [3.63, 3.8) is 0 Å². The predicted octanol–water partition coefficient (Wildman–Crippen LogP) is -12.6. The highest BCUT2D eigenvalue weighted by atomic mass is 32.2. The van der Waals surface area contributed by atoms with E-state index in [0.717, 1.165) is 25.7 Å². The monoisotopic (exact) mass is 1890 g/mol. The number of aliphatic carboxylic acids is 3. The molecule has 50 nitrogen and oxygen atoms in total. The van der Waals surface area contributed by atoms with Gasteiger partial charge in [0.25, 0.3) is 0 Å². The van der Waals surface area contributed by atoms with E-state index in [1.165, 1.54) is 27.7 Å². The number of rotatable bonds is 15. The molecule has 0 unspecified atom stereocenters. The van der Waals surface area contributed by atoms with Crippen molar-refractivity contribution in [1.29, 1.82) is 0 Å². The average molecular weight is 1890 g/mol. The Morgan fingerprint density at radius 1 is 0.465 bits per heavy atom. The molecular formula is C76H121N21O29S3. The van der Waals surface area contributed by atoms with Gasteiger partial charge in [-0.1, -0.05) is 61.3 Å². The third kappa shape index (κ3) is 32.6. The van der Waals surface area contributed by atoms with Gasteiger partial charge >= 0.3 is 17.9 Å². The number of carbonyl (C=O) groups is 22. The van der Waals surface area contributed by atoms with Crippen molar-refractivity contribution in [2.45, 2.75) is 264 Å². The Morgan fingerprint density at radius 2 is 0.922 bits per heavy atom. The van der Waals surface area contributed by atoms with Gasteiger partial charge in [-0.3, -0.25) is 95.9 Å². The molecule has 0 saturated carbocycles. The van der Waals surface area contributed by atoms with Crippen LogP contribution in [0.5, 0.6) is 0 Å². The van der Waals surface area contributed by atoms with E-state index in [9.17, 15) is 108 Å². The van der Waals surface area contributed by atoms with Crippen LogP contribution in [0, 0.1) is 11.8 Å². The molecule has 0 aromatic heterocycles. The maximum Gasteiger partial charge on any atom is 0.335 e. The van der Waals surface area contributed by atoms with E-state index in [-0.39, 0.29) is 51.6 Å². The van der Waals surface area contributed by atoms with E-state index in [1.54, 1.807) is 20.8 Å². The lowest BCUT2D eigenvalue weighted by atomic mass is 9.97. The Balaban J connectivity index is 1.93. The van der Waals surface area contributed by atoms with Gasteiger partial charge in [0, 0.05) is 52.5 Å². The van der Waals surface area contributed by atoms with Crippen molar-refractivity contribution in [3.05, 3.63) is 0 Å². The summed E-state index contributed by atoms with van der Waals surface area (Å²) in [6.07, 6.45) is -6.33. The number of hydrogen-bond acceptors (Lipinski definition) is 31.